The number of unbranched alkanes of at least 4 members (excludes halogenated alkanes) is 1. The lowest BCUT2D eigenvalue weighted by molar-refractivity contribution is 0.123. The predicted octanol–water partition coefficient (Wildman–Crippen LogP) is 3.44. The van der Waals surface area contributed by atoms with Gasteiger partial charge in [-0.15, -0.1) is 0 Å². The summed E-state index contributed by atoms with van der Waals surface area (Å²) in [5, 5.41) is 2.49. The van der Waals surface area contributed by atoms with Crippen LogP contribution >= 0.6 is 0 Å². The molecule has 0 unspecified atom stereocenters. The van der Waals surface area contributed by atoms with Crippen LogP contribution in [0.2, 0.25) is 6.04 Å². The first-order valence-corrected chi connectivity index (χ1v) is 9.15. The van der Waals surface area contributed by atoms with E-state index in [9.17, 15) is 0 Å². The Bertz CT molecular complexity index is 559. The van der Waals surface area contributed by atoms with Gasteiger partial charge >= 0.3 is 8.80 Å². The van der Waals surface area contributed by atoms with Crippen LogP contribution in [0.5, 0.6) is 0 Å². The van der Waals surface area contributed by atoms with Gasteiger partial charge in [-0.05, 0) is 30.2 Å². The summed E-state index contributed by atoms with van der Waals surface area (Å²) in [5.41, 5.74) is 1.30. The lowest BCUT2D eigenvalue weighted by Gasteiger charge is -2.24. The SMILES string of the molecule is CO[Si](CCCCc1cncc2ccccc12)(OC)OC. The van der Waals surface area contributed by atoms with Crippen molar-refractivity contribution in [3.63, 3.8) is 0 Å². The average Bonchev–Trinajstić information content (AvgIpc) is 2.56. The minimum atomic E-state index is -2.42. The van der Waals surface area contributed by atoms with Crippen LogP contribution in [-0.2, 0) is 19.7 Å². The third-order valence-corrected chi connectivity index (χ3v) is 6.69. The van der Waals surface area contributed by atoms with Crippen molar-refractivity contribution in [3.05, 3.63) is 42.2 Å². The molecule has 0 radical (unpaired) electrons. The average molecular weight is 305 g/mol. The van der Waals surface area contributed by atoms with E-state index in [0.29, 0.717) is 0 Å². The topological polar surface area (TPSA) is 40.6 Å². The van der Waals surface area contributed by atoms with Crippen LogP contribution in [0.25, 0.3) is 10.8 Å². The second-order valence-corrected chi connectivity index (χ2v) is 8.11. The highest BCUT2D eigenvalue weighted by Crippen LogP contribution is 2.21. The van der Waals surface area contributed by atoms with E-state index in [1.54, 1.807) is 21.3 Å². The molecule has 2 rings (SSSR count). The van der Waals surface area contributed by atoms with Gasteiger partial charge in [-0.25, -0.2) is 0 Å². The van der Waals surface area contributed by atoms with Gasteiger partial charge in [-0.3, -0.25) is 4.98 Å². The second kappa shape index (κ2) is 7.65. The van der Waals surface area contributed by atoms with Crippen molar-refractivity contribution in [1.82, 2.24) is 4.98 Å². The molecule has 0 bridgehead atoms. The molecular formula is C16H23NO3Si. The molecule has 0 spiro atoms. The van der Waals surface area contributed by atoms with Gasteiger partial charge in [0.05, 0.1) is 0 Å². The van der Waals surface area contributed by atoms with E-state index in [0.717, 1.165) is 25.3 Å². The van der Waals surface area contributed by atoms with E-state index in [-0.39, 0.29) is 0 Å². The van der Waals surface area contributed by atoms with E-state index >= 15 is 0 Å². The molecule has 114 valence electrons. The Hall–Kier alpha value is -1.27. The van der Waals surface area contributed by atoms with Gasteiger partial charge in [-0.1, -0.05) is 24.3 Å². The third kappa shape index (κ3) is 3.88. The molecule has 1 heterocycles. The number of aryl methyl sites for hydroxylation is 1. The van der Waals surface area contributed by atoms with Gasteiger partial charge in [0.2, 0.25) is 0 Å². The van der Waals surface area contributed by atoms with Crippen molar-refractivity contribution >= 4 is 19.6 Å². The van der Waals surface area contributed by atoms with E-state index < -0.39 is 8.80 Å². The molecule has 0 fully saturated rings. The number of rotatable bonds is 8. The van der Waals surface area contributed by atoms with Gasteiger partial charge in [0, 0.05) is 45.2 Å². The summed E-state index contributed by atoms with van der Waals surface area (Å²) in [5.74, 6) is 0. The fourth-order valence-corrected chi connectivity index (χ4v) is 4.39. The molecule has 4 nitrogen and oxygen atoms in total. The molecule has 0 aliphatic carbocycles. The zero-order valence-corrected chi connectivity index (χ0v) is 14.0. The summed E-state index contributed by atoms with van der Waals surface area (Å²) in [7, 11) is 2.56. The molecule has 1 aromatic heterocycles. The molecule has 1 aromatic carbocycles. The van der Waals surface area contributed by atoms with Crippen LogP contribution in [0, 0.1) is 0 Å². The first-order chi connectivity index (χ1) is 10.2. The third-order valence-electron chi connectivity index (χ3n) is 3.86. The normalized spacial score (nSPS) is 12.0. The zero-order valence-electron chi connectivity index (χ0n) is 13.0. The van der Waals surface area contributed by atoms with E-state index in [1.165, 1.54) is 16.3 Å². The van der Waals surface area contributed by atoms with Crippen LogP contribution in [0.4, 0.5) is 0 Å². The van der Waals surface area contributed by atoms with Gasteiger partial charge in [0.15, 0.2) is 0 Å². The second-order valence-electron chi connectivity index (χ2n) is 5.02. The van der Waals surface area contributed by atoms with Crippen molar-refractivity contribution in [2.24, 2.45) is 0 Å². The van der Waals surface area contributed by atoms with Crippen molar-refractivity contribution in [1.29, 1.82) is 0 Å². The fourth-order valence-electron chi connectivity index (χ4n) is 2.59. The van der Waals surface area contributed by atoms with Crippen LogP contribution in [-0.4, -0.2) is 35.1 Å². The highest BCUT2D eigenvalue weighted by molar-refractivity contribution is 6.60. The standard InChI is InChI=1S/C16H23NO3Si/c1-18-21(19-2,20-3)11-7-6-9-15-13-17-12-14-8-4-5-10-16(14)15/h4-5,8,10,12-13H,6-7,9,11H2,1-3H3. The lowest BCUT2D eigenvalue weighted by atomic mass is 10.0. The number of pyridine rings is 1. The molecule has 0 atom stereocenters. The summed E-state index contributed by atoms with van der Waals surface area (Å²) in [4.78, 5) is 4.32. The maximum Gasteiger partial charge on any atom is 0.500 e. The molecule has 5 heteroatoms. The molecule has 0 amide bonds. The van der Waals surface area contributed by atoms with Crippen molar-refractivity contribution in [2.75, 3.05) is 21.3 Å². The first kappa shape index (κ1) is 16.1. The zero-order chi connectivity index (χ0) is 15.1. The maximum atomic E-state index is 5.44. The Morgan fingerprint density at radius 1 is 0.952 bits per heavy atom. The quantitative estimate of drug-likeness (QED) is 0.553. The minimum absolute atomic E-state index is 0.842. The molecule has 0 aliphatic rings. The van der Waals surface area contributed by atoms with Crippen LogP contribution in [0.1, 0.15) is 18.4 Å². The van der Waals surface area contributed by atoms with Gasteiger partial charge in [-0.2, -0.15) is 0 Å². The van der Waals surface area contributed by atoms with Crippen molar-refractivity contribution < 1.29 is 13.3 Å². The molecule has 0 saturated carbocycles. The smallest absolute Gasteiger partial charge is 0.377 e. The molecule has 0 aliphatic heterocycles. The number of fused-ring (bicyclic) bond motifs is 1. The van der Waals surface area contributed by atoms with Gasteiger partial charge in [0.1, 0.15) is 0 Å². The summed E-state index contributed by atoms with van der Waals surface area (Å²) >= 11 is 0. The van der Waals surface area contributed by atoms with E-state index in [4.69, 9.17) is 13.3 Å². The lowest BCUT2D eigenvalue weighted by Crippen LogP contribution is -2.42. The Labute approximate surface area is 127 Å². The summed E-state index contributed by atoms with van der Waals surface area (Å²) < 4.78 is 16.3. The van der Waals surface area contributed by atoms with Crippen LogP contribution < -0.4 is 0 Å². The number of nitrogens with zero attached hydrogens (tertiary/aromatic N) is 1. The number of aromatic nitrogens is 1. The Balaban J connectivity index is 1.94. The van der Waals surface area contributed by atoms with Crippen LogP contribution in [0.3, 0.4) is 0 Å². The van der Waals surface area contributed by atoms with E-state index in [2.05, 4.69) is 23.2 Å². The minimum Gasteiger partial charge on any atom is -0.377 e. The van der Waals surface area contributed by atoms with Crippen molar-refractivity contribution in [2.45, 2.75) is 25.3 Å². The predicted molar refractivity (Wildman–Crippen MR) is 86.3 cm³/mol. The largest absolute Gasteiger partial charge is 0.500 e. The van der Waals surface area contributed by atoms with Crippen LogP contribution in [0.15, 0.2) is 36.7 Å². The summed E-state index contributed by atoms with van der Waals surface area (Å²) in [6.07, 6.45) is 6.98. The highest BCUT2D eigenvalue weighted by atomic mass is 28.4. The van der Waals surface area contributed by atoms with Crippen molar-refractivity contribution in [3.8, 4) is 0 Å². The van der Waals surface area contributed by atoms with E-state index in [1.807, 2.05) is 18.5 Å². The number of hydrogen-bond donors (Lipinski definition) is 0. The first-order valence-electron chi connectivity index (χ1n) is 7.22. The molecule has 0 N–H and O–H groups in total. The maximum absolute atomic E-state index is 5.44. The fraction of sp³-hybridized carbons (Fsp3) is 0.438. The molecule has 21 heavy (non-hydrogen) atoms. The summed E-state index contributed by atoms with van der Waals surface area (Å²) in [6.45, 7) is 0. The number of benzene rings is 1. The van der Waals surface area contributed by atoms with Gasteiger partial charge in [0.25, 0.3) is 0 Å². The molecule has 2 aromatic rings. The molecule has 0 saturated heterocycles. The number of hydrogen-bond acceptors (Lipinski definition) is 4. The summed E-state index contributed by atoms with van der Waals surface area (Å²) in [6, 6.07) is 9.22. The monoisotopic (exact) mass is 305 g/mol. The van der Waals surface area contributed by atoms with Gasteiger partial charge < -0.3 is 13.3 Å². The Morgan fingerprint density at radius 3 is 2.38 bits per heavy atom. The Morgan fingerprint density at radius 2 is 1.67 bits per heavy atom. The highest BCUT2D eigenvalue weighted by Gasteiger charge is 2.36. The Kier molecular flexibility index (Phi) is 5.87. The molecular weight excluding hydrogens is 282 g/mol.